The van der Waals surface area contributed by atoms with Gasteiger partial charge in [-0.1, -0.05) is 12.1 Å². The van der Waals surface area contributed by atoms with Crippen molar-refractivity contribution in [2.75, 3.05) is 20.8 Å². The molecular formula is C20H23N3O2. The Kier molecular flexibility index (Phi) is 5.05. The number of rotatable bonds is 6. The first-order valence-electron chi connectivity index (χ1n) is 8.18. The van der Waals surface area contributed by atoms with Gasteiger partial charge in [0.1, 0.15) is 11.5 Å². The van der Waals surface area contributed by atoms with Gasteiger partial charge < -0.3 is 15.2 Å². The lowest BCUT2D eigenvalue weighted by Crippen LogP contribution is -2.17. The summed E-state index contributed by atoms with van der Waals surface area (Å²) in [6.45, 7) is 0.495. The van der Waals surface area contributed by atoms with Gasteiger partial charge in [-0.25, -0.2) is 0 Å². The van der Waals surface area contributed by atoms with Crippen molar-refractivity contribution < 1.29 is 9.47 Å². The van der Waals surface area contributed by atoms with Gasteiger partial charge in [-0.3, -0.25) is 4.68 Å². The van der Waals surface area contributed by atoms with Crippen molar-refractivity contribution in [2.24, 2.45) is 12.8 Å². The molecule has 3 aromatic rings. The van der Waals surface area contributed by atoms with E-state index in [0.717, 1.165) is 34.0 Å². The maximum Gasteiger partial charge on any atom is 0.119 e. The highest BCUT2D eigenvalue weighted by molar-refractivity contribution is 5.61. The van der Waals surface area contributed by atoms with E-state index in [1.807, 2.05) is 54.2 Å². The molecule has 5 nitrogen and oxygen atoms in total. The fraction of sp³-hybridized carbons (Fsp3) is 0.250. The summed E-state index contributed by atoms with van der Waals surface area (Å²) in [4.78, 5) is 0. The van der Waals surface area contributed by atoms with Gasteiger partial charge >= 0.3 is 0 Å². The molecule has 0 saturated heterocycles. The summed E-state index contributed by atoms with van der Waals surface area (Å²) >= 11 is 0. The van der Waals surface area contributed by atoms with Gasteiger partial charge in [-0.2, -0.15) is 5.10 Å². The predicted octanol–water partition coefficient (Wildman–Crippen LogP) is 3.19. The molecule has 25 heavy (non-hydrogen) atoms. The normalized spacial score (nSPS) is 12.0. The van der Waals surface area contributed by atoms with Gasteiger partial charge in [0.05, 0.1) is 19.9 Å². The van der Waals surface area contributed by atoms with E-state index in [4.69, 9.17) is 15.2 Å². The quantitative estimate of drug-likeness (QED) is 0.750. The third-order valence-electron chi connectivity index (χ3n) is 4.39. The molecule has 1 heterocycles. The van der Waals surface area contributed by atoms with Crippen LogP contribution in [-0.4, -0.2) is 30.5 Å². The van der Waals surface area contributed by atoms with Crippen molar-refractivity contribution in [2.45, 2.75) is 5.92 Å². The Morgan fingerprint density at radius 3 is 2.36 bits per heavy atom. The molecule has 1 aromatic heterocycles. The molecule has 5 heteroatoms. The van der Waals surface area contributed by atoms with Crippen LogP contribution in [0.2, 0.25) is 0 Å². The number of ether oxygens (including phenoxy) is 2. The van der Waals surface area contributed by atoms with Crippen LogP contribution in [-0.2, 0) is 7.05 Å². The van der Waals surface area contributed by atoms with E-state index >= 15 is 0 Å². The molecule has 2 aromatic carbocycles. The van der Waals surface area contributed by atoms with Crippen molar-refractivity contribution in [3.05, 3.63) is 65.9 Å². The number of benzene rings is 2. The Balaban J connectivity index is 1.96. The van der Waals surface area contributed by atoms with E-state index in [1.54, 1.807) is 14.2 Å². The van der Waals surface area contributed by atoms with E-state index in [9.17, 15) is 0 Å². The smallest absolute Gasteiger partial charge is 0.119 e. The number of hydrogen-bond donors (Lipinski definition) is 1. The van der Waals surface area contributed by atoms with Crippen LogP contribution in [0.25, 0.3) is 11.3 Å². The van der Waals surface area contributed by atoms with Crippen LogP contribution in [0.15, 0.2) is 54.6 Å². The summed E-state index contributed by atoms with van der Waals surface area (Å²) in [5.41, 5.74) is 10.2. The molecule has 0 radical (unpaired) electrons. The monoisotopic (exact) mass is 337 g/mol. The number of hydrogen-bond acceptors (Lipinski definition) is 4. The Hall–Kier alpha value is -2.79. The second-order valence-electron chi connectivity index (χ2n) is 5.87. The summed E-state index contributed by atoms with van der Waals surface area (Å²) in [7, 11) is 5.28. The molecule has 130 valence electrons. The Bertz CT molecular complexity index is 840. The van der Waals surface area contributed by atoms with E-state index < -0.39 is 0 Å². The summed E-state index contributed by atoms with van der Waals surface area (Å²) in [5.74, 6) is 1.71. The molecule has 0 aliphatic heterocycles. The summed E-state index contributed by atoms with van der Waals surface area (Å²) in [6, 6.07) is 18.0. The van der Waals surface area contributed by atoms with Crippen LogP contribution in [0, 0.1) is 0 Å². The molecule has 0 amide bonds. The molecule has 0 saturated carbocycles. The Morgan fingerprint density at radius 2 is 1.72 bits per heavy atom. The maximum absolute atomic E-state index is 6.08. The topological polar surface area (TPSA) is 62.3 Å². The fourth-order valence-corrected chi connectivity index (χ4v) is 3.00. The number of methoxy groups -OCH3 is 2. The highest BCUT2D eigenvalue weighted by Gasteiger charge is 2.19. The minimum absolute atomic E-state index is 0.0552. The van der Waals surface area contributed by atoms with Crippen LogP contribution in [0.3, 0.4) is 0 Å². The van der Waals surface area contributed by atoms with Crippen molar-refractivity contribution in [1.82, 2.24) is 9.78 Å². The summed E-state index contributed by atoms with van der Waals surface area (Å²) in [6.07, 6.45) is 0. The first-order valence-corrected chi connectivity index (χ1v) is 8.18. The van der Waals surface area contributed by atoms with E-state index in [-0.39, 0.29) is 5.92 Å². The summed E-state index contributed by atoms with van der Waals surface area (Å²) < 4.78 is 12.5. The van der Waals surface area contributed by atoms with Crippen molar-refractivity contribution in [3.63, 3.8) is 0 Å². The molecule has 2 N–H and O–H groups in total. The van der Waals surface area contributed by atoms with Crippen LogP contribution in [0.4, 0.5) is 0 Å². The minimum atomic E-state index is 0.0552. The zero-order chi connectivity index (χ0) is 17.8. The SMILES string of the molecule is COc1ccc(-c2cc(C(CN)c3cccc(OC)c3)n(C)n2)cc1. The molecule has 0 fully saturated rings. The first kappa shape index (κ1) is 17.0. The second-order valence-corrected chi connectivity index (χ2v) is 5.87. The van der Waals surface area contributed by atoms with Crippen LogP contribution in [0.5, 0.6) is 11.5 Å². The van der Waals surface area contributed by atoms with E-state index in [2.05, 4.69) is 17.2 Å². The van der Waals surface area contributed by atoms with Crippen molar-refractivity contribution >= 4 is 0 Å². The number of aryl methyl sites for hydroxylation is 1. The molecular weight excluding hydrogens is 314 g/mol. The zero-order valence-electron chi connectivity index (χ0n) is 14.8. The van der Waals surface area contributed by atoms with Crippen LogP contribution < -0.4 is 15.2 Å². The summed E-state index contributed by atoms with van der Waals surface area (Å²) in [5, 5.41) is 4.66. The van der Waals surface area contributed by atoms with Crippen molar-refractivity contribution in [1.29, 1.82) is 0 Å². The van der Waals surface area contributed by atoms with Gasteiger partial charge in [0, 0.05) is 30.8 Å². The average molecular weight is 337 g/mol. The second kappa shape index (κ2) is 7.40. The Morgan fingerprint density at radius 1 is 1.00 bits per heavy atom. The van der Waals surface area contributed by atoms with Gasteiger partial charge in [0.2, 0.25) is 0 Å². The van der Waals surface area contributed by atoms with Gasteiger partial charge in [-0.15, -0.1) is 0 Å². The lowest BCUT2D eigenvalue weighted by atomic mass is 9.95. The third-order valence-corrected chi connectivity index (χ3v) is 4.39. The zero-order valence-corrected chi connectivity index (χ0v) is 14.8. The van der Waals surface area contributed by atoms with Crippen LogP contribution in [0.1, 0.15) is 17.2 Å². The number of aromatic nitrogens is 2. The third kappa shape index (κ3) is 3.51. The molecule has 1 unspecified atom stereocenters. The molecule has 3 rings (SSSR count). The van der Waals surface area contributed by atoms with Crippen LogP contribution >= 0.6 is 0 Å². The number of nitrogens with two attached hydrogens (primary N) is 1. The predicted molar refractivity (Wildman–Crippen MR) is 99.1 cm³/mol. The van der Waals surface area contributed by atoms with Gasteiger partial charge in [0.15, 0.2) is 0 Å². The molecule has 0 bridgehead atoms. The molecule has 0 aliphatic rings. The highest BCUT2D eigenvalue weighted by atomic mass is 16.5. The standard InChI is InChI=1S/C20H23N3O2/c1-23-20(18(13-21)15-5-4-6-17(11-15)25-3)12-19(22-23)14-7-9-16(24-2)10-8-14/h4-12,18H,13,21H2,1-3H3. The van der Waals surface area contributed by atoms with Crippen molar-refractivity contribution in [3.8, 4) is 22.8 Å². The average Bonchev–Trinajstić information content (AvgIpc) is 3.04. The van der Waals surface area contributed by atoms with Gasteiger partial charge in [0.25, 0.3) is 0 Å². The Labute approximate surface area is 148 Å². The lowest BCUT2D eigenvalue weighted by molar-refractivity contribution is 0.414. The van der Waals surface area contributed by atoms with E-state index in [0.29, 0.717) is 6.54 Å². The molecule has 1 atom stereocenters. The molecule has 0 aliphatic carbocycles. The maximum atomic E-state index is 6.08. The highest BCUT2D eigenvalue weighted by Crippen LogP contribution is 2.30. The fourth-order valence-electron chi connectivity index (χ4n) is 3.00. The first-order chi connectivity index (χ1) is 12.2. The number of nitrogens with zero attached hydrogens (tertiary/aromatic N) is 2. The largest absolute Gasteiger partial charge is 0.497 e. The lowest BCUT2D eigenvalue weighted by Gasteiger charge is -2.16. The molecule has 0 spiro atoms. The van der Waals surface area contributed by atoms with Gasteiger partial charge in [-0.05, 0) is 48.0 Å². The minimum Gasteiger partial charge on any atom is -0.497 e. The van der Waals surface area contributed by atoms with E-state index in [1.165, 1.54) is 0 Å².